The van der Waals surface area contributed by atoms with Crippen molar-refractivity contribution in [2.24, 2.45) is 0 Å². The van der Waals surface area contributed by atoms with E-state index in [9.17, 15) is 5.11 Å². The third-order valence-corrected chi connectivity index (χ3v) is 4.17. The van der Waals surface area contributed by atoms with Gasteiger partial charge >= 0.3 is 0 Å². The van der Waals surface area contributed by atoms with Crippen molar-refractivity contribution in [3.05, 3.63) is 0 Å². The van der Waals surface area contributed by atoms with Gasteiger partial charge in [0.1, 0.15) is 18.3 Å². The maximum absolute atomic E-state index is 10.3. The maximum Gasteiger partial charge on any atom is 0.184 e. The van der Waals surface area contributed by atoms with Crippen molar-refractivity contribution >= 4 is 0 Å². The summed E-state index contributed by atoms with van der Waals surface area (Å²) < 4.78 is 23.6. The van der Waals surface area contributed by atoms with Crippen molar-refractivity contribution in [3.8, 4) is 0 Å². The second kappa shape index (κ2) is 12.2. The highest BCUT2D eigenvalue weighted by Crippen LogP contribution is 2.27. The summed E-state index contributed by atoms with van der Waals surface area (Å²) in [5.74, 6) is 0. The molecule has 23 heavy (non-hydrogen) atoms. The highest BCUT2D eigenvalue weighted by Gasteiger charge is 2.45. The molecule has 0 saturated carbocycles. The molecule has 0 aromatic carbocycles. The first-order chi connectivity index (χ1) is 11.2. The highest BCUT2D eigenvalue weighted by atomic mass is 16.7. The third kappa shape index (κ3) is 7.06. The van der Waals surface area contributed by atoms with Crippen LogP contribution in [-0.2, 0) is 18.9 Å². The number of hydrogen-bond donors (Lipinski definition) is 1. The van der Waals surface area contributed by atoms with E-state index in [4.69, 9.17) is 18.9 Å². The fraction of sp³-hybridized carbons (Fsp3) is 1.00. The van der Waals surface area contributed by atoms with Crippen LogP contribution in [0.3, 0.4) is 0 Å². The van der Waals surface area contributed by atoms with E-state index < -0.39 is 12.4 Å². The molecule has 0 aliphatic carbocycles. The van der Waals surface area contributed by atoms with Gasteiger partial charge in [-0.05, 0) is 26.2 Å². The molecule has 3 unspecified atom stereocenters. The zero-order valence-electron chi connectivity index (χ0n) is 15.3. The molecule has 1 aliphatic rings. The van der Waals surface area contributed by atoms with Crippen molar-refractivity contribution in [2.45, 2.75) is 96.9 Å². The second-order valence-corrected chi connectivity index (χ2v) is 6.30. The van der Waals surface area contributed by atoms with Gasteiger partial charge in [0.05, 0.1) is 6.10 Å². The molecule has 0 radical (unpaired) electrons. The maximum atomic E-state index is 10.3. The van der Waals surface area contributed by atoms with Gasteiger partial charge in [0, 0.05) is 19.8 Å². The molecular weight excluding hydrogens is 296 g/mol. The Morgan fingerprint density at radius 2 is 1.17 bits per heavy atom. The van der Waals surface area contributed by atoms with Crippen LogP contribution in [0.15, 0.2) is 0 Å². The largest absolute Gasteiger partial charge is 0.373 e. The van der Waals surface area contributed by atoms with E-state index in [0.29, 0.717) is 19.8 Å². The summed E-state index contributed by atoms with van der Waals surface area (Å²) in [5.41, 5.74) is 0. The number of hydrogen-bond acceptors (Lipinski definition) is 5. The van der Waals surface area contributed by atoms with Crippen LogP contribution in [0.5, 0.6) is 0 Å². The lowest BCUT2D eigenvalue weighted by atomic mass is 9.99. The summed E-state index contributed by atoms with van der Waals surface area (Å²) in [7, 11) is 0. The van der Waals surface area contributed by atoms with Crippen LogP contribution in [-0.4, -0.2) is 55.6 Å². The molecule has 0 aromatic heterocycles. The van der Waals surface area contributed by atoms with E-state index in [-0.39, 0.29) is 18.3 Å². The predicted octanol–water partition coefficient (Wildman–Crippen LogP) is 3.28. The third-order valence-electron chi connectivity index (χ3n) is 4.17. The van der Waals surface area contributed by atoms with Crippen LogP contribution >= 0.6 is 0 Å². The molecule has 0 aromatic rings. The molecule has 1 fully saturated rings. The minimum atomic E-state index is -0.959. The Morgan fingerprint density at radius 3 is 1.65 bits per heavy atom. The Kier molecular flexibility index (Phi) is 11.1. The van der Waals surface area contributed by atoms with Crippen LogP contribution in [0.25, 0.3) is 0 Å². The Bertz CT molecular complexity index is 265. The number of rotatable bonds is 12. The van der Waals surface area contributed by atoms with E-state index >= 15 is 0 Å². The minimum Gasteiger partial charge on any atom is -0.373 e. The quantitative estimate of drug-likeness (QED) is 0.556. The fourth-order valence-electron chi connectivity index (χ4n) is 2.68. The predicted molar refractivity (Wildman–Crippen MR) is 90.5 cm³/mol. The molecule has 1 rings (SSSR count). The van der Waals surface area contributed by atoms with Crippen molar-refractivity contribution < 1.29 is 24.1 Å². The zero-order chi connectivity index (χ0) is 17.1. The number of unbranched alkanes of at least 4 members (excludes halogenated alkanes) is 3. The van der Waals surface area contributed by atoms with Crippen LogP contribution in [0.2, 0.25) is 0 Å². The highest BCUT2D eigenvalue weighted by molar-refractivity contribution is 4.90. The van der Waals surface area contributed by atoms with E-state index in [2.05, 4.69) is 20.8 Å². The Labute approximate surface area is 141 Å². The van der Waals surface area contributed by atoms with Gasteiger partial charge in [-0.15, -0.1) is 0 Å². The molecule has 5 nitrogen and oxygen atoms in total. The van der Waals surface area contributed by atoms with E-state index in [1.54, 1.807) is 0 Å². The summed E-state index contributed by atoms with van der Waals surface area (Å²) in [4.78, 5) is 0. The molecule has 5 heteroatoms. The van der Waals surface area contributed by atoms with Crippen LogP contribution < -0.4 is 0 Å². The first-order valence-electron chi connectivity index (χ1n) is 9.33. The van der Waals surface area contributed by atoms with Crippen LogP contribution in [0.1, 0.15) is 66.2 Å². The van der Waals surface area contributed by atoms with Crippen molar-refractivity contribution in [3.63, 3.8) is 0 Å². The van der Waals surface area contributed by atoms with Gasteiger partial charge in [-0.2, -0.15) is 0 Å². The van der Waals surface area contributed by atoms with E-state index in [1.165, 1.54) is 0 Å². The molecule has 0 amide bonds. The van der Waals surface area contributed by atoms with Gasteiger partial charge < -0.3 is 24.1 Å². The van der Waals surface area contributed by atoms with Gasteiger partial charge in [-0.25, -0.2) is 0 Å². The molecule has 5 atom stereocenters. The first-order valence-corrected chi connectivity index (χ1v) is 9.33. The van der Waals surface area contributed by atoms with Gasteiger partial charge in [0.15, 0.2) is 6.29 Å². The minimum absolute atomic E-state index is 0.201. The van der Waals surface area contributed by atoms with Crippen molar-refractivity contribution in [1.82, 2.24) is 0 Å². The van der Waals surface area contributed by atoms with Gasteiger partial charge in [0.25, 0.3) is 0 Å². The normalized spacial score (nSPS) is 31.4. The second-order valence-electron chi connectivity index (χ2n) is 6.30. The number of aliphatic hydroxyl groups is 1. The Hall–Kier alpha value is -0.200. The lowest BCUT2D eigenvalue weighted by Gasteiger charge is -2.43. The monoisotopic (exact) mass is 332 g/mol. The van der Waals surface area contributed by atoms with E-state index in [0.717, 1.165) is 38.5 Å². The van der Waals surface area contributed by atoms with Gasteiger partial charge in [-0.3, -0.25) is 0 Å². The summed E-state index contributed by atoms with van der Waals surface area (Å²) in [6.07, 6.45) is 4.04. The molecule has 0 bridgehead atoms. The standard InChI is InChI=1S/C18H36O5/c1-5-8-11-20-15-14(4)23-18(19)17(22-13-10-7-3)16(15)21-12-9-6-2/h14-19H,5-13H2,1-4H3/t14?,15-,16?,17?,18-/m0/s1. The molecule has 138 valence electrons. The molecule has 1 aliphatic heterocycles. The zero-order valence-corrected chi connectivity index (χ0v) is 15.3. The summed E-state index contributed by atoms with van der Waals surface area (Å²) >= 11 is 0. The Morgan fingerprint density at radius 1 is 0.739 bits per heavy atom. The molecule has 0 spiro atoms. The number of ether oxygens (including phenoxy) is 4. The first kappa shape index (κ1) is 20.8. The fourth-order valence-corrected chi connectivity index (χ4v) is 2.68. The summed E-state index contributed by atoms with van der Waals surface area (Å²) in [6, 6.07) is 0. The summed E-state index contributed by atoms with van der Waals surface area (Å²) in [6.45, 7) is 10.3. The van der Waals surface area contributed by atoms with Gasteiger partial charge in [-0.1, -0.05) is 40.0 Å². The Balaban J connectivity index is 2.71. The molecule has 1 saturated heterocycles. The van der Waals surface area contributed by atoms with Gasteiger partial charge in [0.2, 0.25) is 0 Å². The average Bonchev–Trinajstić information content (AvgIpc) is 2.53. The lowest BCUT2D eigenvalue weighted by Crippen LogP contribution is -2.59. The average molecular weight is 332 g/mol. The van der Waals surface area contributed by atoms with Crippen LogP contribution in [0, 0.1) is 0 Å². The molecule has 1 heterocycles. The van der Waals surface area contributed by atoms with Crippen molar-refractivity contribution in [1.29, 1.82) is 0 Å². The van der Waals surface area contributed by atoms with E-state index in [1.807, 2.05) is 6.92 Å². The molecular formula is C18H36O5. The van der Waals surface area contributed by atoms with Crippen molar-refractivity contribution in [2.75, 3.05) is 19.8 Å². The van der Waals surface area contributed by atoms with Crippen LogP contribution in [0.4, 0.5) is 0 Å². The SMILES string of the molecule is CCCCOC1C(OCCCC)[C@@H](O)OC(C)[C@@H]1OCCCC. The molecule has 1 N–H and O–H groups in total. The smallest absolute Gasteiger partial charge is 0.184 e. The number of aliphatic hydroxyl groups excluding tert-OH is 1. The topological polar surface area (TPSA) is 57.2 Å². The lowest BCUT2D eigenvalue weighted by molar-refractivity contribution is -0.303. The summed E-state index contributed by atoms with van der Waals surface area (Å²) in [5, 5.41) is 10.3.